The molecule has 2 rings (SSSR count). The molecule has 1 aromatic rings. The zero-order valence-corrected chi connectivity index (χ0v) is 13.9. The van der Waals surface area contributed by atoms with E-state index in [0.717, 1.165) is 12.8 Å². The smallest absolute Gasteiger partial charge is 0.241 e. The number of benzene rings is 1. The molecular weight excluding hydrogens is 260 g/mol. The monoisotopic (exact) mass is 288 g/mol. The summed E-state index contributed by atoms with van der Waals surface area (Å²) in [7, 11) is 0. The maximum absolute atomic E-state index is 12.8. The molecule has 0 bridgehead atoms. The minimum Gasteiger partial charge on any atom is -0.319 e. The van der Waals surface area contributed by atoms with E-state index in [4.69, 9.17) is 0 Å². The molecule has 1 saturated heterocycles. The third kappa shape index (κ3) is 3.13. The fraction of sp³-hybridized carbons (Fsp3) is 0.611. The number of nitrogens with one attached hydrogen (secondary N) is 1. The number of aryl methyl sites for hydroxylation is 1. The van der Waals surface area contributed by atoms with Gasteiger partial charge in [0, 0.05) is 6.04 Å². The molecule has 3 nitrogen and oxygen atoms in total. The van der Waals surface area contributed by atoms with Crippen LogP contribution in [0.4, 0.5) is 0 Å². The summed E-state index contributed by atoms with van der Waals surface area (Å²) in [5.74, 6) is 0.564. The van der Waals surface area contributed by atoms with Crippen molar-refractivity contribution < 1.29 is 4.79 Å². The first-order chi connectivity index (χ1) is 9.99. The number of nitrogens with zero attached hydrogens (tertiary/aromatic N) is 1. The van der Waals surface area contributed by atoms with Crippen molar-refractivity contribution in [3.05, 3.63) is 35.4 Å². The Morgan fingerprint density at radius 3 is 2.43 bits per heavy atom. The number of carbonyl (C=O) groups is 1. The topological polar surface area (TPSA) is 32.3 Å². The van der Waals surface area contributed by atoms with Crippen LogP contribution in [0.2, 0.25) is 0 Å². The van der Waals surface area contributed by atoms with Gasteiger partial charge in [0.05, 0.1) is 6.04 Å². The molecule has 1 aliphatic heterocycles. The van der Waals surface area contributed by atoms with Gasteiger partial charge in [0.1, 0.15) is 6.17 Å². The molecule has 21 heavy (non-hydrogen) atoms. The van der Waals surface area contributed by atoms with E-state index in [0.29, 0.717) is 12.0 Å². The maximum Gasteiger partial charge on any atom is 0.241 e. The van der Waals surface area contributed by atoms with E-state index in [1.54, 1.807) is 0 Å². The van der Waals surface area contributed by atoms with E-state index in [9.17, 15) is 4.79 Å². The van der Waals surface area contributed by atoms with E-state index >= 15 is 0 Å². The van der Waals surface area contributed by atoms with Crippen LogP contribution in [0.1, 0.15) is 57.8 Å². The summed E-state index contributed by atoms with van der Waals surface area (Å²) in [6.45, 7) is 10.6. The second-order valence-electron chi connectivity index (χ2n) is 6.42. The van der Waals surface area contributed by atoms with Crippen molar-refractivity contribution in [1.29, 1.82) is 0 Å². The molecule has 1 heterocycles. The highest BCUT2D eigenvalue weighted by atomic mass is 16.2. The number of hydrogen-bond donors (Lipinski definition) is 1. The van der Waals surface area contributed by atoms with Gasteiger partial charge in [-0.3, -0.25) is 10.1 Å². The van der Waals surface area contributed by atoms with E-state index in [1.807, 2.05) is 0 Å². The summed E-state index contributed by atoms with van der Waals surface area (Å²) in [4.78, 5) is 14.9. The van der Waals surface area contributed by atoms with Crippen LogP contribution in [0.3, 0.4) is 0 Å². The van der Waals surface area contributed by atoms with Crippen LogP contribution in [-0.4, -0.2) is 22.9 Å². The zero-order chi connectivity index (χ0) is 15.6. The molecule has 1 aromatic carbocycles. The lowest BCUT2D eigenvalue weighted by Gasteiger charge is -2.32. The lowest BCUT2D eigenvalue weighted by atomic mass is 10.0. The van der Waals surface area contributed by atoms with E-state index in [2.05, 4.69) is 69.1 Å². The molecule has 2 unspecified atom stereocenters. The van der Waals surface area contributed by atoms with Gasteiger partial charge in [0.25, 0.3) is 0 Å². The fourth-order valence-corrected chi connectivity index (χ4v) is 3.26. The molecule has 0 radical (unpaired) electrons. The molecule has 0 aliphatic carbocycles. The molecule has 1 N–H and O–H groups in total. The van der Waals surface area contributed by atoms with E-state index < -0.39 is 0 Å². The fourth-order valence-electron chi connectivity index (χ4n) is 3.26. The van der Waals surface area contributed by atoms with Crippen molar-refractivity contribution in [2.45, 2.75) is 65.7 Å². The third-order valence-corrected chi connectivity index (χ3v) is 4.50. The van der Waals surface area contributed by atoms with Gasteiger partial charge < -0.3 is 4.90 Å². The van der Waals surface area contributed by atoms with Gasteiger partial charge in [0.2, 0.25) is 5.91 Å². The molecule has 116 valence electrons. The van der Waals surface area contributed by atoms with Gasteiger partial charge in [-0.05, 0) is 31.2 Å². The molecule has 1 aliphatic rings. The number of carbonyl (C=O) groups excluding carboxylic acids is 1. The average Bonchev–Trinajstić information content (AvgIpc) is 2.79. The van der Waals surface area contributed by atoms with Gasteiger partial charge in [-0.2, -0.15) is 0 Å². The van der Waals surface area contributed by atoms with Crippen molar-refractivity contribution in [3.63, 3.8) is 0 Å². The van der Waals surface area contributed by atoms with Gasteiger partial charge in [-0.1, -0.05) is 57.5 Å². The Morgan fingerprint density at radius 2 is 1.90 bits per heavy atom. The summed E-state index contributed by atoms with van der Waals surface area (Å²) in [5, 5.41) is 3.56. The lowest BCUT2D eigenvalue weighted by molar-refractivity contribution is -0.133. The molecule has 1 fully saturated rings. The van der Waals surface area contributed by atoms with Crippen LogP contribution >= 0.6 is 0 Å². The molecule has 3 heteroatoms. The minimum absolute atomic E-state index is 0.00898. The summed E-state index contributed by atoms with van der Waals surface area (Å²) < 4.78 is 0. The van der Waals surface area contributed by atoms with E-state index in [1.165, 1.54) is 11.1 Å². The maximum atomic E-state index is 12.8. The Labute approximate surface area is 128 Å². The highest BCUT2D eigenvalue weighted by Crippen LogP contribution is 2.32. The quantitative estimate of drug-likeness (QED) is 0.897. The normalized spacial score (nSPS) is 22.6. The SMILES string of the molecule is CCC(CC)N1C(=O)C(C(C)C)NC1c1cccc(C)c1. The van der Waals surface area contributed by atoms with Crippen molar-refractivity contribution in [2.24, 2.45) is 5.92 Å². The Bertz CT molecular complexity index is 494. The summed E-state index contributed by atoms with van der Waals surface area (Å²) >= 11 is 0. The number of hydrogen-bond acceptors (Lipinski definition) is 2. The largest absolute Gasteiger partial charge is 0.319 e. The van der Waals surface area contributed by atoms with Crippen LogP contribution in [0.15, 0.2) is 24.3 Å². The first kappa shape index (κ1) is 16.0. The summed E-state index contributed by atoms with van der Waals surface area (Å²) in [6, 6.07) is 8.71. The van der Waals surface area contributed by atoms with Crippen LogP contribution in [0, 0.1) is 12.8 Å². The molecular formula is C18H28N2O. The first-order valence-corrected chi connectivity index (χ1v) is 8.14. The van der Waals surface area contributed by atoms with Crippen LogP contribution in [0.5, 0.6) is 0 Å². The summed E-state index contributed by atoms with van der Waals surface area (Å²) in [6.07, 6.45) is 2.00. The Balaban J connectivity index is 2.38. The highest BCUT2D eigenvalue weighted by molar-refractivity contribution is 5.85. The lowest BCUT2D eigenvalue weighted by Crippen LogP contribution is -2.40. The Hall–Kier alpha value is -1.35. The zero-order valence-electron chi connectivity index (χ0n) is 13.9. The highest BCUT2D eigenvalue weighted by Gasteiger charge is 2.43. The van der Waals surface area contributed by atoms with Gasteiger partial charge in [-0.25, -0.2) is 0 Å². The molecule has 0 spiro atoms. The molecule has 0 aromatic heterocycles. The van der Waals surface area contributed by atoms with Crippen molar-refractivity contribution in [1.82, 2.24) is 10.2 Å². The van der Waals surface area contributed by atoms with Crippen molar-refractivity contribution >= 4 is 5.91 Å². The molecule has 0 saturated carbocycles. The Kier molecular flexibility index (Phi) is 5.04. The first-order valence-electron chi connectivity index (χ1n) is 8.14. The Morgan fingerprint density at radius 1 is 1.24 bits per heavy atom. The van der Waals surface area contributed by atoms with Crippen molar-refractivity contribution in [2.75, 3.05) is 0 Å². The standard InChI is InChI=1S/C18H28N2O/c1-6-15(7-2)20-17(14-10-8-9-13(5)11-14)19-16(12(3)4)18(20)21/h8-12,15-17,19H,6-7H2,1-5H3. The van der Waals surface area contributed by atoms with E-state index in [-0.39, 0.29) is 18.1 Å². The van der Waals surface area contributed by atoms with Gasteiger partial charge in [-0.15, -0.1) is 0 Å². The molecule has 1 amide bonds. The van der Waals surface area contributed by atoms with Gasteiger partial charge in [0.15, 0.2) is 0 Å². The number of amides is 1. The second-order valence-corrected chi connectivity index (χ2v) is 6.42. The second kappa shape index (κ2) is 6.61. The number of rotatable bonds is 5. The van der Waals surface area contributed by atoms with Crippen LogP contribution in [-0.2, 0) is 4.79 Å². The third-order valence-electron chi connectivity index (χ3n) is 4.50. The van der Waals surface area contributed by atoms with Crippen LogP contribution < -0.4 is 5.32 Å². The minimum atomic E-state index is -0.0730. The molecule has 2 atom stereocenters. The average molecular weight is 288 g/mol. The van der Waals surface area contributed by atoms with Gasteiger partial charge >= 0.3 is 0 Å². The van der Waals surface area contributed by atoms with Crippen molar-refractivity contribution in [3.8, 4) is 0 Å². The predicted octanol–water partition coefficient (Wildman–Crippen LogP) is 3.64. The predicted molar refractivity (Wildman–Crippen MR) is 86.9 cm³/mol. The van der Waals surface area contributed by atoms with Crippen LogP contribution in [0.25, 0.3) is 0 Å². The summed E-state index contributed by atoms with van der Waals surface area (Å²) in [5.41, 5.74) is 2.43.